The number of phenolic OH excluding ortho intramolecular Hbond substituents is 1. The van der Waals surface area contributed by atoms with Gasteiger partial charge in [0.1, 0.15) is 5.75 Å². The van der Waals surface area contributed by atoms with Crippen LogP contribution >= 0.6 is 12.2 Å². The molecular formula is C22H24N4O2S. The summed E-state index contributed by atoms with van der Waals surface area (Å²) in [6.45, 7) is 4.62. The minimum atomic E-state index is -0.107. The van der Waals surface area contributed by atoms with E-state index in [-0.39, 0.29) is 24.4 Å². The number of benzene rings is 1. The van der Waals surface area contributed by atoms with E-state index >= 15 is 0 Å². The van der Waals surface area contributed by atoms with Crippen LogP contribution in [0.15, 0.2) is 54.7 Å². The number of aliphatic hydroxyl groups excluding tert-OH is 1. The molecule has 7 heteroatoms. The molecule has 29 heavy (non-hydrogen) atoms. The largest absolute Gasteiger partial charge is 0.508 e. The number of thiocarbonyl (C=S) groups is 1. The first-order valence-electron chi connectivity index (χ1n) is 9.58. The minimum Gasteiger partial charge on any atom is -0.508 e. The summed E-state index contributed by atoms with van der Waals surface area (Å²) in [4.78, 5) is 6.59. The molecule has 0 radical (unpaired) electrons. The molecule has 1 saturated heterocycles. The zero-order valence-electron chi connectivity index (χ0n) is 16.4. The van der Waals surface area contributed by atoms with Crippen LogP contribution in [-0.2, 0) is 0 Å². The summed E-state index contributed by atoms with van der Waals surface area (Å²) in [6.07, 6.45) is 1.78. The van der Waals surface area contributed by atoms with Crippen molar-refractivity contribution in [3.05, 3.63) is 77.4 Å². The molecule has 6 nitrogen and oxygen atoms in total. The highest BCUT2D eigenvalue weighted by molar-refractivity contribution is 7.80. The number of aromatic nitrogens is 2. The molecule has 0 bridgehead atoms. The Kier molecular flexibility index (Phi) is 5.25. The van der Waals surface area contributed by atoms with Crippen LogP contribution in [-0.4, -0.2) is 42.9 Å². The molecular weight excluding hydrogens is 384 g/mol. The quantitative estimate of drug-likeness (QED) is 0.563. The zero-order valence-corrected chi connectivity index (χ0v) is 17.2. The second-order valence-corrected chi connectivity index (χ2v) is 7.61. The van der Waals surface area contributed by atoms with E-state index in [1.54, 1.807) is 18.3 Å². The molecule has 4 rings (SSSR count). The Morgan fingerprint density at radius 3 is 2.55 bits per heavy atom. The van der Waals surface area contributed by atoms with Crippen molar-refractivity contribution in [1.29, 1.82) is 0 Å². The van der Waals surface area contributed by atoms with Crippen molar-refractivity contribution in [2.75, 3.05) is 13.2 Å². The highest BCUT2D eigenvalue weighted by atomic mass is 32.1. The number of aliphatic hydroxyl groups is 1. The average molecular weight is 409 g/mol. The van der Waals surface area contributed by atoms with E-state index in [2.05, 4.69) is 34.8 Å². The molecule has 3 N–H and O–H groups in total. The predicted octanol–water partition coefficient (Wildman–Crippen LogP) is 3.16. The molecule has 1 aromatic carbocycles. The summed E-state index contributed by atoms with van der Waals surface area (Å²) in [5.74, 6) is 0.242. The SMILES string of the molecule is Cc1cc([C@@H]2[C@H](c3ccccn3)NC(=S)N2CCO)c(C)n1-c1ccc(O)cc1. The lowest BCUT2D eigenvalue weighted by Crippen LogP contribution is -2.32. The number of pyridine rings is 1. The van der Waals surface area contributed by atoms with Crippen molar-refractivity contribution in [2.24, 2.45) is 0 Å². The highest BCUT2D eigenvalue weighted by Gasteiger charge is 2.41. The van der Waals surface area contributed by atoms with Crippen molar-refractivity contribution in [3.8, 4) is 11.4 Å². The molecule has 1 aliphatic heterocycles. The summed E-state index contributed by atoms with van der Waals surface area (Å²) in [6, 6.07) is 15.0. The van der Waals surface area contributed by atoms with Gasteiger partial charge in [-0.1, -0.05) is 6.07 Å². The molecule has 150 valence electrons. The van der Waals surface area contributed by atoms with Gasteiger partial charge in [0, 0.05) is 29.8 Å². The predicted molar refractivity (Wildman–Crippen MR) is 116 cm³/mol. The van der Waals surface area contributed by atoms with Crippen LogP contribution in [0.3, 0.4) is 0 Å². The monoisotopic (exact) mass is 408 g/mol. The number of aryl methyl sites for hydroxylation is 1. The summed E-state index contributed by atoms with van der Waals surface area (Å²) >= 11 is 5.59. The van der Waals surface area contributed by atoms with E-state index in [9.17, 15) is 10.2 Å². The van der Waals surface area contributed by atoms with Crippen molar-refractivity contribution >= 4 is 17.3 Å². The van der Waals surface area contributed by atoms with Crippen molar-refractivity contribution in [1.82, 2.24) is 19.8 Å². The van der Waals surface area contributed by atoms with E-state index in [0.29, 0.717) is 11.7 Å². The third-order valence-electron chi connectivity index (χ3n) is 5.44. The van der Waals surface area contributed by atoms with Gasteiger partial charge in [0.2, 0.25) is 0 Å². The Balaban J connectivity index is 1.82. The number of rotatable bonds is 5. The fourth-order valence-electron chi connectivity index (χ4n) is 4.18. The van der Waals surface area contributed by atoms with E-state index in [1.165, 1.54) is 0 Å². The first-order chi connectivity index (χ1) is 14.0. The molecule has 0 aliphatic carbocycles. The Labute approximate surface area is 175 Å². The topological polar surface area (TPSA) is 73.5 Å². The Morgan fingerprint density at radius 2 is 1.90 bits per heavy atom. The van der Waals surface area contributed by atoms with Gasteiger partial charge in [0.25, 0.3) is 0 Å². The summed E-state index contributed by atoms with van der Waals surface area (Å²) in [7, 11) is 0. The van der Waals surface area contributed by atoms with Gasteiger partial charge in [0.05, 0.1) is 24.4 Å². The second-order valence-electron chi connectivity index (χ2n) is 7.22. The fourth-order valence-corrected chi connectivity index (χ4v) is 4.51. The molecule has 3 aromatic rings. The van der Waals surface area contributed by atoms with Crippen LogP contribution in [0, 0.1) is 13.8 Å². The van der Waals surface area contributed by atoms with Gasteiger partial charge in [-0.25, -0.2) is 0 Å². The third-order valence-corrected chi connectivity index (χ3v) is 5.79. The maximum Gasteiger partial charge on any atom is 0.170 e. The summed E-state index contributed by atoms with van der Waals surface area (Å²) in [5, 5.41) is 23.3. The van der Waals surface area contributed by atoms with Crippen LogP contribution in [0.2, 0.25) is 0 Å². The minimum absolute atomic E-state index is 0.0178. The molecule has 1 fully saturated rings. The van der Waals surface area contributed by atoms with E-state index in [1.807, 2.05) is 35.2 Å². The van der Waals surface area contributed by atoms with Gasteiger partial charge in [-0.15, -0.1) is 0 Å². The lowest BCUT2D eigenvalue weighted by Gasteiger charge is -2.27. The van der Waals surface area contributed by atoms with Crippen LogP contribution in [0.5, 0.6) is 5.75 Å². The Bertz CT molecular complexity index is 1020. The molecule has 3 heterocycles. The van der Waals surface area contributed by atoms with Gasteiger partial charge in [-0.05, 0) is 74.1 Å². The number of hydrogen-bond acceptors (Lipinski definition) is 4. The number of nitrogens with one attached hydrogen (secondary N) is 1. The first-order valence-corrected chi connectivity index (χ1v) is 9.99. The number of aromatic hydroxyl groups is 1. The number of nitrogens with zero attached hydrogens (tertiary/aromatic N) is 3. The van der Waals surface area contributed by atoms with E-state index in [0.717, 1.165) is 28.3 Å². The van der Waals surface area contributed by atoms with Crippen LogP contribution in [0.4, 0.5) is 0 Å². The molecule has 2 atom stereocenters. The lowest BCUT2D eigenvalue weighted by molar-refractivity contribution is 0.223. The Hall–Kier alpha value is -2.90. The van der Waals surface area contributed by atoms with Crippen molar-refractivity contribution in [2.45, 2.75) is 25.9 Å². The fraction of sp³-hybridized carbons (Fsp3) is 0.273. The molecule has 0 spiro atoms. The summed E-state index contributed by atoms with van der Waals surface area (Å²) in [5.41, 5.74) is 5.21. The lowest BCUT2D eigenvalue weighted by atomic mass is 9.97. The standard InChI is InChI=1S/C22H24N4O2S/c1-14-13-18(15(2)26(14)16-6-8-17(28)9-7-16)21-20(19-5-3-4-10-23-19)24-22(29)25(21)11-12-27/h3-10,13,20-21,27-28H,11-12H2,1-2H3,(H,24,29)/t20-,21+/m0/s1. The zero-order chi connectivity index (χ0) is 20.5. The molecule has 2 aromatic heterocycles. The number of hydrogen-bond donors (Lipinski definition) is 3. The number of phenols is 1. The first kappa shape index (κ1) is 19.4. The van der Waals surface area contributed by atoms with Gasteiger partial charge in [0.15, 0.2) is 5.11 Å². The third kappa shape index (κ3) is 3.47. The van der Waals surface area contributed by atoms with Crippen molar-refractivity contribution in [3.63, 3.8) is 0 Å². The maximum atomic E-state index is 9.63. The molecule has 0 unspecified atom stereocenters. The molecule has 0 amide bonds. The Morgan fingerprint density at radius 1 is 1.14 bits per heavy atom. The summed E-state index contributed by atoms with van der Waals surface area (Å²) < 4.78 is 2.17. The number of β-amino-alcohol motifs (C(OH)–C–C–N with tert-alkyl or cyclic N) is 1. The van der Waals surface area contributed by atoms with Crippen molar-refractivity contribution < 1.29 is 10.2 Å². The van der Waals surface area contributed by atoms with Crippen LogP contribution < -0.4 is 5.32 Å². The van der Waals surface area contributed by atoms with E-state index < -0.39 is 0 Å². The van der Waals surface area contributed by atoms with Crippen LogP contribution in [0.1, 0.15) is 34.7 Å². The molecule has 0 saturated carbocycles. The maximum absolute atomic E-state index is 9.63. The molecule has 1 aliphatic rings. The van der Waals surface area contributed by atoms with Gasteiger partial charge in [-0.3, -0.25) is 4.98 Å². The van der Waals surface area contributed by atoms with Gasteiger partial charge in [-0.2, -0.15) is 0 Å². The normalized spacial score (nSPS) is 18.9. The van der Waals surface area contributed by atoms with E-state index in [4.69, 9.17) is 12.2 Å². The smallest absolute Gasteiger partial charge is 0.170 e. The average Bonchev–Trinajstić information content (AvgIpc) is 3.20. The van der Waals surface area contributed by atoms with Gasteiger partial charge < -0.3 is 25.0 Å². The highest BCUT2D eigenvalue weighted by Crippen LogP contribution is 2.41. The van der Waals surface area contributed by atoms with Crippen LogP contribution in [0.25, 0.3) is 5.69 Å². The second kappa shape index (κ2) is 7.85. The van der Waals surface area contributed by atoms with Gasteiger partial charge >= 0.3 is 0 Å².